The maximum atomic E-state index is 10.5. The van der Waals surface area contributed by atoms with E-state index in [0.717, 1.165) is 6.08 Å². The molecular weight excluding hydrogens is 164 g/mol. The Bertz CT molecular complexity index is 165. The van der Waals surface area contributed by atoms with Gasteiger partial charge in [0.25, 0.3) is 6.47 Å². The third kappa shape index (κ3) is 4.45. The van der Waals surface area contributed by atoms with Crippen molar-refractivity contribution >= 4 is 12.4 Å². The van der Waals surface area contributed by atoms with Gasteiger partial charge in [-0.05, 0) is 0 Å². The molecule has 0 heterocycles. The molecule has 0 fully saturated rings. The molecule has 0 aliphatic rings. The number of hydrogen-bond donors (Lipinski definition) is 1. The van der Waals surface area contributed by atoms with Gasteiger partial charge in [-0.2, -0.15) is 0 Å². The van der Waals surface area contributed by atoms with Crippen molar-refractivity contribution in [1.82, 2.24) is 0 Å². The van der Waals surface area contributed by atoms with Crippen molar-refractivity contribution in [1.29, 1.82) is 0 Å². The molecule has 0 aromatic carbocycles. The van der Waals surface area contributed by atoms with Crippen LogP contribution in [0, 0.1) is 0 Å². The van der Waals surface area contributed by atoms with Crippen LogP contribution in [0.4, 0.5) is 0 Å². The highest BCUT2D eigenvalue weighted by Gasteiger charge is 2.11. The van der Waals surface area contributed by atoms with Crippen LogP contribution in [-0.4, -0.2) is 36.9 Å². The molecule has 0 bridgehead atoms. The zero-order valence-corrected chi connectivity index (χ0v) is 6.43. The molecule has 1 unspecified atom stereocenters. The molecule has 0 radical (unpaired) electrons. The number of hydrogen-bond acceptors (Lipinski definition) is 5. The van der Waals surface area contributed by atoms with Gasteiger partial charge in [-0.15, -0.1) is 0 Å². The van der Waals surface area contributed by atoms with Crippen LogP contribution >= 0.6 is 0 Å². The van der Waals surface area contributed by atoms with Crippen LogP contribution < -0.4 is 0 Å². The van der Waals surface area contributed by atoms with Gasteiger partial charge in [0.1, 0.15) is 6.61 Å². The summed E-state index contributed by atoms with van der Waals surface area (Å²) in [5.74, 6) is -0.663. The van der Waals surface area contributed by atoms with E-state index >= 15 is 0 Å². The summed E-state index contributed by atoms with van der Waals surface area (Å²) in [6.07, 6.45) is 0.143. The molecule has 5 heteroatoms. The Hall–Kier alpha value is -1.36. The minimum absolute atomic E-state index is 0.153. The topological polar surface area (TPSA) is 72.8 Å². The van der Waals surface area contributed by atoms with Gasteiger partial charge in [-0.1, -0.05) is 6.58 Å². The zero-order valence-electron chi connectivity index (χ0n) is 6.43. The fraction of sp³-hybridized carbons (Fsp3) is 0.429. The van der Waals surface area contributed by atoms with Crippen molar-refractivity contribution in [3.8, 4) is 0 Å². The van der Waals surface area contributed by atoms with Gasteiger partial charge < -0.3 is 14.6 Å². The smallest absolute Gasteiger partial charge is 0.330 e. The fourth-order valence-electron chi connectivity index (χ4n) is 0.483. The van der Waals surface area contributed by atoms with Gasteiger partial charge in [-0.25, -0.2) is 4.79 Å². The average Bonchev–Trinajstić information content (AvgIpc) is 2.11. The normalized spacial score (nSPS) is 11.4. The summed E-state index contributed by atoms with van der Waals surface area (Å²) >= 11 is 0. The van der Waals surface area contributed by atoms with Gasteiger partial charge in [0.15, 0.2) is 6.10 Å². The molecule has 12 heavy (non-hydrogen) atoms. The van der Waals surface area contributed by atoms with Gasteiger partial charge in [0.05, 0.1) is 6.61 Å². The number of aliphatic hydroxyl groups is 1. The van der Waals surface area contributed by atoms with Gasteiger partial charge in [0, 0.05) is 6.08 Å². The lowest BCUT2D eigenvalue weighted by atomic mass is 10.4. The molecule has 1 atom stereocenters. The molecule has 0 amide bonds. The Labute approximate surface area is 69.6 Å². The second kappa shape index (κ2) is 6.36. The first-order valence-electron chi connectivity index (χ1n) is 3.23. The highest BCUT2D eigenvalue weighted by Crippen LogP contribution is 1.92. The van der Waals surface area contributed by atoms with Crippen molar-refractivity contribution in [2.24, 2.45) is 0 Å². The van der Waals surface area contributed by atoms with Crippen molar-refractivity contribution in [3.63, 3.8) is 0 Å². The van der Waals surface area contributed by atoms with Crippen molar-refractivity contribution in [3.05, 3.63) is 12.7 Å². The molecule has 0 saturated heterocycles. The van der Waals surface area contributed by atoms with Crippen molar-refractivity contribution < 1.29 is 24.2 Å². The largest absolute Gasteiger partial charge is 0.464 e. The Morgan fingerprint density at radius 1 is 1.67 bits per heavy atom. The van der Waals surface area contributed by atoms with E-state index in [-0.39, 0.29) is 13.1 Å². The first kappa shape index (κ1) is 10.6. The minimum Gasteiger partial charge on any atom is -0.464 e. The summed E-state index contributed by atoms with van der Waals surface area (Å²) < 4.78 is 8.84. The number of aliphatic hydroxyl groups excluding tert-OH is 1. The number of carbonyl (C=O) groups excluding carboxylic acids is 2. The maximum Gasteiger partial charge on any atom is 0.330 e. The summed E-state index contributed by atoms with van der Waals surface area (Å²) in [6, 6.07) is 0. The van der Waals surface area contributed by atoms with Gasteiger partial charge in [0.2, 0.25) is 0 Å². The summed E-state index contributed by atoms with van der Waals surface area (Å²) in [7, 11) is 0. The van der Waals surface area contributed by atoms with Crippen LogP contribution in [0.25, 0.3) is 0 Å². The number of ether oxygens (including phenoxy) is 2. The van der Waals surface area contributed by atoms with E-state index in [1.807, 2.05) is 0 Å². The molecule has 0 aromatic heterocycles. The fourth-order valence-corrected chi connectivity index (χ4v) is 0.483. The summed E-state index contributed by atoms with van der Waals surface area (Å²) in [4.78, 5) is 20.3. The molecule has 68 valence electrons. The van der Waals surface area contributed by atoms with E-state index in [4.69, 9.17) is 5.11 Å². The predicted octanol–water partition coefficient (Wildman–Crippen LogP) is -0.751. The lowest BCUT2D eigenvalue weighted by molar-refractivity contribution is -0.151. The molecule has 0 aliphatic carbocycles. The first-order chi connectivity index (χ1) is 5.74. The van der Waals surface area contributed by atoms with Crippen LogP contribution in [0.3, 0.4) is 0 Å². The van der Waals surface area contributed by atoms with Crippen LogP contribution in [0.1, 0.15) is 0 Å². The first-order valence-corrected chi connectivity index (χ1v) is 3.23. The standard InChI is InChI=1S/C7H10O5/c1-2-7(10)12-6(3-8)4-11-5-9/h2,5-6,8H,1,3-4H2. The van der Waals surface area contributed by atoms with E-state index in [2.05, 4.69) is 16.1 Å². The SMILES string of the molecule is C=CC(=O)OC(CO)COC=O. The van der Waals surface area contributed by atoms with Crippen molar-refractivity contribution in [2.75, 3.05) is 13.2 Å². The van der Waals surface area contributed by atoms with Gasteiger partial charge >= 0.3 is 5.97 Å². The monoisotopic (exact) mass is 174 g/mol. The van der Waals surface area contributed by atoms with E-state index in [1.165, 1.54) is 0 Å². The summed E-state index contributed by atoms with van der Waals surface area (Å²) in [5.41, 5.74) is 0. The number of esters is 1. The zero-order chi connectivity index (χ0) is 9.40. The molecule has 0 aliphatic heterocycles. The number of carbonyl (C=O) groups is 2. The van der Waals surface area contributed by atoms with E-state index in [0.29, 0.717) is 0 Å². The van der Waals surface area contributed by atoms with Gasteiger partial charge in [-0.3, -0.25) is 4.79 Å². The van der Waals surface area contributed by atoms with Crippen LogP contribution in [0.5, 0.6) is 0 Å². The predicted molar refractivity (Wildman–Crippen MR) is 39.2 cm³/mol. The second-order valence-corrected chi connectivity index (χ2v) is 1.88. The lowest BCUT2D eigenvalue weighted by Crippen LogP contribution is -2.26. The maximum absolute atomic E-state index is 10.5. The molecular formula is C7H10O5. The third-order valence-corrected chi connectivity index (χ3v) is 1.00. The van der Waals surface area contributed by atoms with E-state index < -0.39 is 18.7 Å². The quantitative estimate of drug-likeness (QED) is 0.326. The summed E-state index contributed by atoms with van der Waals surface area (Å²) in [6.45, 7) is 2.83. The van der Waals surface area contributed by atoms with Crippen LogP contribution in [0.2, 0.25) is 0 Å². The Morgan fingerprint density at radius 2 is 2.33 bits per heavy atom. The summed E-state index contributed by atoms with van der Waals surface area (Å²) in [5, 5.41) is 8.59. The number of rotatable bonds is 6. The molecule has 0 saturated carbocycles. The molecule has 0 spiro atoms. The molecule has 5 nitrogen and oxygen atoms in total. The third-order valence-electron chi connectivity index (χ3n) is 1.00. The van der Waals surface area contributed by atoms with Crippen LogP contribution in [0.15, 0.2) is 12.7 Å². The Morgan fingerprint density at radius 3 is 2.75 bits per heavy atom. The van der Waals surface area contributed by atoms with E-state index in [1.54, 1.807) is 0 Å². The second-order valence-electron chi connectivity index (χ2n) is 1.88. The molecule has 0 aromatic rings. The van der Waals surface area contributed by atoms with E-state index in [9.17, 15) is 9.59 Å². The molecule has 1 N–H and O–H groups in total. The van der Waals surface area contributed by atoms with Crippen LogP contribution in [-0.2, 0) is 19.1 Å². The highest BCUT2D eigenvalue weighted by molar-refractivity contribution is 5.81. The minimum atomic E-state index is -0.819. The Balaban J connectivity index is 3.73. The Kier molecular flexibility index (Phi) is 5.64. The average molecular weight is 174 g/mol. The van der Waals surface area contributed by atoms with Crippen molar-refractivity contribution in [2.45, 2.75) is 6.10 Å². The molecule has 0 rings (SSSR count). The lowest BCUT2D eigenvalue weighted by Gasteiger charge is -2.12. The highest BCUT2D eigenvalue weighted by atomic mass is 16.6.